The van der Waals surface area contributed by atoms with Crippen LogP contribution in [0.1, 0.15) is 17.0 Å². The number of benzene rings is 1. The Balaban J connectivity index is 2.19. The van der Waals surface area contributed by atoms with Gasteiger partial charge in [0.1, 0.15) is 11.6 Å². The maximum Gasteiger partial charge on any atom is 0.134 e. The lowest BCUT2D eigenvalue weighted by Crippen LogP contribution is -2.12. The fraction of sp³-hybridized carbons (Fsp3) is 0.333. The van der Waals surface area contributed by atoms with Crippen LogP contribution in [0.15, 0.2) is 30.5 Å². The maximum atomic E-state index is 4.53. The van der Waals surface area contributed by atoms with Crippen molar-refractivity contribution in [3.8, 4) is 0 Å². The minimum atomic E-state index is 0.832. The Hall–Kier alpha value is -1.94. The number of nitrogens with one attached hydrogen (secondary N) is 2. The summed E-state index contributed by atoms with van der Waals surface area (Å²) in [7, 11) is 1.93. The molecule has 0 saturated heterocycles. The van der Waals surface area contributed by atoms with Gasteiger partial charge in [-0.1, -0.05) is 18.2 Å². The van der Waals surface area contributed by atoms with Gasteiger partial charge in [-0.2, -0.15) is 0 Å². The van der Waals surface area contributed by atoms with E-state index in [1.54, 1.807) is 6.20 Å². The van der Waals surface area contributed by atoms with Crippen LogP contribution >= 0.6 is 0 Å². The summed E-state index contributed by atoms with van der Waals surface area (Å²) >= 11 is 0. The smallest absolute Gasteiger partial charge is 0.134 e. The quantitative estimate of drug-likeness (QED) is 0.863. The minimum absolute atomic E-state index is 0.832. The van der Waals surface area contributed by atoms with Crippen LogP contribution in [0.3, 0.4) is 0 Å². The number of hydrogen-bond acceptors (Lipinski definition) is 4. The lowest BCUT2D eigenvalue weighted by Gasteiger charge is -2.12. The Kier molecular flexibility index (Phi) is 4.47. The van der Waals surface area contributed by atoms with E-state index in [2.05, 4.69) is 52.6 Å². The SMILES string of the molecule is CNCCc1nccc(Nc2c(C)cccc2C)n1. The molecule has 0 aliphatic carbocycles. The molecule has 2 aromatic rings. The van der Waals surface area contributed by atoms with E-state index in [0.29, 0.717) is 0 Å². The zero-order chi connectivity index (χ0) is 13.7. The molecule has 19 heavy (non-hydrogen) atoms. The topological polar surface area (TPSA) is 49.8 Å². The third-order valence-corrected chi connectivity index (χ3v) is 3.04. The molecule has 2 N–H and O–H groups in total. The molecule has 100 valence electrons. The lowest BCUT2D eigenvalue weighted by molar-refractivity contribution is 0.756. The van der Waals surface area contributed by atoms with Gasteiger partial charge in [0.15, 0.2) is 0 Å². The molecule has 1 aromatic carbocycles. The fourth-order valence-electron chi connectivity index (χ4n) is 1.97. The normalized spacial score (nSPS) is 10.5. The molecule has 2 rings (SSSR count). The van der Waals surface area contributed by atoms with Crippen LogP contribution in [-0.2, 0) is 6.42 Å². The van der Waals surface area contributed by atoms with E-state index >= 15 is 0 Å². The first kappa shape index (κ1) is 13.5. The third-order valence-electron chi connectivity index (χ3n) is 3.04. The highest BCUT2D eigenvalue weighted by Gasteiger charge is 2.04. The van der Waals surface area contributed by atoms with Gasteiger partial charge in [0.2, 0.25) is 0 Å². The van der Waals surface area contributed by atoms with Crippen molar-refractivity contribution >= 4 is 11.5 Å². The molecular formula is C15H20N4. The molecule has 0 radical (unpaired) electrons. The summed E-state index contributed by atoms with van der Waals surface area (Å²) in [6.07, 6.45) is 2.63. The van der Waals surface area contributed by atoms with E-state index in [0.717, 1.165) is 30.3 Å². The third kappa shape index (κ3) is 3.51. The van der Waals surface area contributed by atoms with Crippen molar-refractivity contribution < 1.29 is 0 Å². The second kappa shape index (κ2) is 6.29. The first-order chi connectivity index (χ1) is 9.20. The molecule has 0 aliphatic heterocycles. The van der Waals surface area contributed by atoms with Crippen LogP contribution in [0.25, 0.3) is 0 Å². The Morgan fingerprint density at radius 1 is 1.11 bits per heavy atom. The van der Waals surface area contributed by atoms with Crippen LogP contribution in [-0.4, -0.2) is 23.6 Å². The van der Waals surface area contributed by atoms with Crippen LogP contribution in [0.2, 0.25) is 0 Å². The molecule has 1 aromatic heterocycles. The maximum absolute atomic E-state index is 4.53. The van der Waals surface area contributed by atoms with Gasteiger partial charge in [0, 0.05) is 24.8 Å². The average molecular weight is 256 g/mol. The van der Waals surface area contributed by atoms with Gasteiger partial charge in [0.25, 0.3) is 0 Å². The predicted octanol–water partition coefficient (Wildman–Crippen LogP) is 2.60. The van der Waals surface area contributed by atoms with Crippen molar-refractivity contribution in [2.24, 2.45) is 0 Å². The van der Waals surface area contributed by atoms with Gasteiger partial charge in [-0.3, -0.25) is 0 Å². The molecule has 0 unspecified atom stereocenters. The number of rotatable bonds is 5. The highest BCUT2D eigenvalue weighted by atomic mass is 15.0. The first-order valence-corrected chi connectivity index (χ1v) is 6.50. The van der Waals surface area contributed by atoms with E-state index in [-0.39, 0.29) is 0 Å². The molecule has 0 saturated carbocycles. The van der Waals surface area contributed by atoms with Gasteiger partial charge < -0.3 is 10.6 Å². The molecule has 0 fully saturated rings. The van der Waals surface area contributed by atoms with Crippen molar-refractivity contribution in [1.82, 2.24) is 15.3 Å². The van der Waals surface area contributed by atoms with Crippen LogP contribution in [0.5, 0.6) is 0 Å². The van der Waals surface area contributed by atoms with E-state index in [9.17, 15) is 0 Å². The molecule has 0 spiro atoms. The molecule has 0 bridgehead atoms. The number of aryl methyl sites for hydroxylation is 2. The van der Waals surface area contributed by atoms with Crippen molar-refractivity contribution in [2.75, 3.05) is 18.9 Å². The van der Waals surface area contributed by atoms with Gasteiger partial charge in [0.05, 0.1) is 0 Å². The number of nitrogens with zero attached hydrogens (tertiary/aromatic N) is 2. The summed E-state index contributed by atoms with van der Waals surface area (Å²) < 4.78 is 0. The lowest BCUT2D eigenvalue weighted by atomic mass is 10.1. The molecule has 4 heteroatoms. The first-order valence-electron chi connectivity index (χ1n) is 6.50. The standard InChI is InChI=1S/C15H20N4/c1-11-5-4-6-12(2)15(11)19-14-8-10-17-13(18-14)7-9-16-3/h4-6,8,10,16H,7,9H2,1-3H3,(H,17,18,19). The Labute approximate surface area is 114 Å². The molecule has 0 aliphatic rings. The summed E-state index contributed by atoms with van der Waals surface area (Å²) in [5, 5.41) is 6.49. The summed E-state index contributed by atoms with van der Waals surface area (Å²) in [4.78, 5) is 8.80. The molecule has 1 heterocycles. The Morgan fingerprint density at radius 3 is 2.53 bits per heavy atom. The van der Waals surface area contributed by atoms with Gasteiger partial charge in [-0.05, 0) is 38.1 Å². The van der Waals surface area contributed by atoms with E-state index < -0.39 is 0 Å². The predicted molar refractivity (Wildman–Crippen MR) is 78.9 cm³/mol. The number of hydrogen-bond donors (Lipinski definition) is 2. The zero-order valence-electron chi connectivity index (χ0n) is 11.7. The summed E-state index contributed by atoms with van der Waals surface area (Å²) in [5.74, 6) is 1.70. The molecule has 4 nitrogen and oxygen atoms in total. The van der Waals surface area contributed by atoms with Crippen LogP contribution in [0, 0.1) is 13.8 Å². The van der Waals surface area contributed by atoms with Crippen molar-refractivity contribution in [1.29, 1.82) is 0 Å². The monoisotopic (exact) mass is 256 g/mol. The van der Waals surface area contributed by atoms with Crippen molar-refractivity contribution in [3.63, 3.8) is 0 Å². The molecule has 0 amide bonds. The number of aromatic nitrogens is 2. The summed E-state index contributed by atoms with van der Waals surface area (Å²) in [5.41, 5.74) is 3.56. The second-order valence-corrected chi connectivity index (χ2v) is 4.60. The van der Waals surface area contributed by atoms with Gasteiger partial charge in [-0.25, -0.2) is 9.97 Å². The highest BCUT2D eigenvalue weighted by Crippen LogP contribution is 2.22. The van der Waals surface area contributed by atoms with Crippen molar-refractivity contribution in [3.05, 3.63) is 47.4 Å². The van der Waals surface area contributed by atoms with E-state index in [1.807, 2.05) is 13.1 Å². The molecule has 0 atom stereocenters. The zero-order valence-corrected chi connectivity index (χ0v) is 11.7. The van der Waals surface area contributed by atoms with Crippen LogP contribution < -0.4 is 10.6 Å². The fourth-order valence-corrected chi connectivity index (χ4v) is 1.97. The number of likely N-dealkylation sites (N-methyl/N-ethyl adjacent to an activating group) is 1. The second-order valence-electron chi connectivity index (χ2n) is 4.60. The highest BCUT2D eigenvalue weighted by molar-refractivity contribution is 5.64. The summed E-state index contributed by atoms with van der Waals surface area (Å²) in [6.45, 7) is 5.07. The van der Waals surface area contributed by atoms with Crippen LogP contribution in [0.4, 0.5) is 11.5 Å². The molecular weight excluding hydrogens is 236 g/mol. The largest absolute Gasteiger partial charge is 0.340 e. The number of para-hydroxylation sites is 1. The van der Waals surface area contributed by atoms with Crippen molar-refractivity contribution in [2.45, 2.75) is 20.3 Å². The van der Waals surface area contributed by atoms with Gasteiger partial charge >= 0.3 is 0 Å². The van der Waals surface area contributed by atoms with E-state index in [1.165, 1.54) is 11.1 Å². The Morgan fingerprint density at radius 2 is 1.84 bits per heavy atom. The van der Waals surface area contributed by atoms with Gasteiger partial charge in [-0.15, -0.1) is 0 Å². The van der Waals surface area contributed by atoms with E-state index in [4.69, 9.17) is 0 Å². The minimum Gasteiger partial charge on any atom is -0.340 e. The number of anilines is 2. The Bertz CT molecular complexity index is 531. The summed E-state index contributed by atoms with van der Waals surface area (Å²) in [6, 6.07) is 8.15. The average Bonchev–Trinajstić information content (AvgIpc) is 2.41.